The summed E-state index contributed by atoms with van der Waals surface area (Å²) in [4.78, 5) is 34.9. The van der Waals surface area contributed by atoms with Crippen molar-refractivity contribution in [3.63, 3.8) is 0 Å². The zero-order valence-electron chi connectivity index (χ0n) is 16.8. The van der Waals surface area contributed by atoms with Crippen LogP contribution < -0.4 is 10.6 Å². The topological polar surface area (TPSA) is 96.4 Å². The van der Waals surface area contributed by atoms with Crippen LogP contribution in [-0.2, 0) is 4.74 Å². The number of nitrogens with zero attached hydrogens (tertiary/aromatic N) is 3. The van der Waals surface area contributed by atoms with Crippen LogP contribution in [0.4, 0.5) is 11.5 Å². The summed E-state index contributed by atoms with van der Waals surface area (Å²) in [5, 5.41) is 6.00. The van der Waals surface area contributed by atoms with Gasteiger partial charge >= 0.3 is 5.97 Å². The van der Waals surface area contributed by atoms with Gasteiger partial charge in [-0.25, -0.2) is 14.8 Å². The van der Waals surface area contributed by atoms with Gasteiger partial charge in [-0.2, -0.15) is 0 Å². The maximum Gasteiger partial charge on any atom is 0.338 e. The quantitative estimate of drug-likeness (QED) is 0.506. The zero-order chi connectivity index (χ0) is 20.5. The molecule has 0 atom stereocenters. The molecular weight excluding hydrogens is 358 g/mol. The molecule has 2 N–H and O–H groups in total. The van der Waals surface area contributed by atoms with Crippen LogP contribution in [0, 0.1) is 6.92 Å². The van der Waals surface area contributed by atoms with Crippen molar-refractivity contribution < 1.29 is 14.3 Å². The Morgan fingerprint density at radius 1 is 1.14 bits per heavy atom. The summed E-state index contributed by atoms with van der Waals surface area (Å²) < 4.78 is 4.95. The fraction of sp³-hybridized carbons (Fsp3) is 0.400. The van der Waals surface area contributed by atoms with Gasteiger partial charge in [-0.3, -0.25) is 4.79 Å². The van der Waals surface area contributed by atoms with Gasteiger partial charge in [-0.1, -0.05) is 0 Å². The van der Waals surface area contributed by atoms with Gasteiger partial charge in [0, 0.05) is 18.3 Å². The third kappa shape index (κ3) is 6.62. The van der Waals surface area contributed by atoms with Crippen molar-refractivity contribution in [2.45, 2.75) is 20.3 Å². The molecule has 1 heterocycles. The Labute approximate surface area is 165 Å². The molecule has 0 spiro atoms. The second-order valence-corrected chi connectivity index (χ2v) is 6.52. The number of ether oxygens (including phenoxy) is 1. The van der Waals surface area contributed by atoms with E-state index in [0.29, 0.717) is 29.5 Å². The zero-order valence-corrected chi connectivity index (χ0v) is 16.8. The minimum Gasteiger partial charge on any atom is -0.462 e. The van der Waals surface area contributed by atoms with Crippen molar-refractivity contribution in [2.75, 3.05) is 44.4 Å². The number of carbonyl (C=O) groups excluding carboxylic acids is 2. The Kier molecular flexibility index (Phi) is 7.88. The van der Waals surface area contributed by atoms with Crippen molar-refractivity contribution >= 4 is 23.4 Å². The summed E-state index contributed by atoms with van der Waals surface area (Å²) in [5.74, 6) is 0.400. The molecule has 2 rings (SSSR count). The molecule has 0 saturated carbocycles. The summed E-state index contributed by atoms with van der Waals surface area (Å²) in [6.07, 6.45) is 0.963. The van der Waals surface area contributed by atoms with E-state index in [2.05, 4.69) is 25.5 Å². The molecule has 1 aromatic carbocycles. The molecule has 8 heteroatoms. The number of esters is 1. The first-order valence-corrected chi connectivity index (χ1v) is 9.22. The highest BCUT2D eigenvalue weighted by Crippen LogP contribution is 2.13. The van der Waals surface area contributed by atoms with Crippen molar-refractivity contribution in [1.29, 1.82) is 0 Å². The van der Waals surface area contributed by atoms with Gasteiger partial charge in [0.05, 0.1) is 12.2 Å². The second kappa shape index (κ2) is 10.4. The minimum absolute atomic E-state index is 0.275. The van der Waals surface area contributed by atoms with E-state index in [-0.39, 0.29) is 11.6 Å². The molecule has 0 radical (unpaired) electrons. The molecule has 0 bridgehead atoms. The Morgan fingerprint density at radius 2 is 1.86 bits per heavy atom. The van der Waals surface area contributed by atoms with Crippen LogP contribution in [-0.4, -0.2) is 60.5 Å². The highest BCUT2D eigenvalue weighted by molar-refractivity contribution is 6.03. The highest BCUT2D eigenvalue weighted by Gasteiger charge is 2.12. The Morgan fingerprint density at radius 3 is 2.50 bits per heavy atom. The largest absolute Gasteiger partial charge is 0.462 e. The van der Waals surface area contributed by atoms with Gasteiger partial charge in [0.2, 0.25) is 0 Å². The highest BCUT2D eigenvalue weighted by atomic mass is 16.5. The molecule has 2 aromatic rings. The van der Waals surface area contributed by atoms with E-state index in [9.17, 15) is 9.59 Å². The van der Waals surface area contributed by atoms with Gasteiger partial charge in [0.25, 0.3) is 5.91 Å². The average molecular weight is 385 g/mol. The second-order valence-electron chi connectivity index (χ2n) is 6.52. The lowest BCUT2D eigenvalue weighted by Gasteiger charge is -2.11. The third-order valence-electron chi connectivity index (χ3n) is 3.81. The van der Waals surface area contributed by atoms with Crippen LogP contribution in [0.25, 0.3) is 0 Å². The van der Waals surface area contributed by atoms with E-state index in [0.717, 1.165) is 19.5 Å². The van der Waals surface area contributed by atoms with Crippen LogP contribution >= 0.6 is 0 Å². The van der Waals surface area contributed by atoms with E-state index in [4.69, 9.17) is 4.74 Å². The van der Waals surface area contributed by atoms with Crippen molar-refractivity contribution in [2.24, 2.45) is 0 Å². The molecule has 0 aliphatic carbocycles. The number of aryl methyl sites for hydroxylation is 1. The van der Waals surface area contributed by atoms with E-state index >= 15 is 0 Å². The molecular formula is C20H27N5O3. The summed E-state index contributed by atoms with van der Waals surface area (Å²) in [6, 6.07) is 8.15. The summed E-state index contributed by atoms with van der Waals surface area (Å²) >= 11 is 0. The van der Waals surface area contributed by atoms with Crippen LogP contribution in [0.5, 0.6) is 0 Å². The number of amides is 1. The van der Waals surface area contributed by atoms with Gasteiger partial charge < -0.3 is 20.3 Å². The number of benzene rings is 1. The Bertz CT molecular complexity index is 806. The standard InChI is InChI=1S/C20H27N5O3/c1-5-28-20(27)15-7-9-16(10-8-15)24-19(26)17-13-18(23-14(2)22-17)21-11-6-12-25(3)4/h7-10,13H,5-6,11-12H2,1-4H3,(H,24,26)(H,21,22,23). The van der Waals surface area contributed by atoms with E-state index in [1.165, 1.54) is 0 Å². The number of carbonyl (C=O) groups is 2. The SMILES string of the molecule is CCOC(=O)c1ccc(NC(=O)c2cc(NCCCN(C)C)nc(C)n2)cc1. The first kappa shape index (κ1) is 21.3. The molecule has 0 aliphatic heterocycles. The lowest BCUT2D eigenvalue weighted by Crippen LogP contribution is -2.18. The predicted molar refractivity (Wildman–Crippen MR) is 109 cm³/mol. The lowest BCUT2D eigenvalue weighted by atomic mass is 10.2. The molecule has 0 aliphatic rings. The number of hydrogen-bond acceptors (Lipinski definition) is 7. The smallest absolute Gasteiger partial charge is 0.338 e. The molecule has 0 unspecified atom stereocenters. The first-order valence-electron chi connectivity index (χ1n) is 9.22. The minimum atomic E-state index is -0.392. The number of anilines is 2. The molecule has 0 fully saturated rings. The normalized spacial score (nSPS) is 10.6. The summed E-state index contributed by atoms with van der Waals surface area (Å²) in [5.41, 5.74) is 1.27. The summed E-state index contributed by atoms with van der Waals surface area (Å²) in [7, 11) is 4.05. The average Bonchev–Trinajstić information content (AvgIpc) is 2.65. The van der Waals surface area contributed by atoms with Crippen molar-refractivity contribution in [3.8, 4) is 0 Å². The molecule has 1 amide bonds. The Balaban J connectivity index is 2.00. The molecule has 8 nitrogen and oxygen atoms in total. The number of rotatable bonds is 9. The van der Waals surface area contributed by atoms with Gasteiger partial charge in [-0.15, -0.1) is 0 Å². The molecule has 1 aromatic heterocycles. The monoisotopic (exact) mass is 385 g/mol. The number of hydrogen-bond donors (Lipinski definition) is 2. The van der Waals surface area contributed by atoms with Crippen molar-refractivity contribution in [3.05, 3.63) is 47.4 Å². The number of nitrogens with one attached hydrogen (secondary N) is 2. The van der Waals surface area contributed by atoms with Crippen LogP contribution in [0.15, 0.2) is 30.3 Å². The lowest BCUT2D eigenvalue weighted by molar-refractivity contribution is 0.0526. The van der Waals surface area contributed by atoms with E-state index < -0.39 is 5.97 Å². The fourth-order valence-corrected chi connectivity index (χ4v) is 2.49. The molecule has 0 saturated heterocycles. The van der Waals surface area contributed by atoms with Crippen molar-refractivity contribution in [1.82, 2.24) is 14.9 Å². The third-order valence-corrected chi connectivity index (χ3v) is 3.81. The van der Waals surface area contributed by atoms with E-state index in [1.807, 2.05) is 14.1 Å². The van der Waals surface area contributed by atoms with Crippen LogP contribution in [0.3, 0.4) is 0 Å². The molecule has 28 heavy (non-hydrogen) atoms. The maximum absolute atomic E-state index is 12.5. The Hall–Kier alpha value is -3.00. The van der Waals surface area contributed by atoms with Crippen LogP contribution in [0.2, 0.25) is 0 Å². The number of aromatic nitrogens is 2. The van der Waals surface area contributed by atoms with E-state index in [1.54, 1.807) is 44.2 Å². The first-order chi connectivity index (χ1) is 13.4. The van der Waals surface area contributed by atoms with Crippen LogP contribution in [0.1, 0.15) is 40.0 Å². The van der Waals surface area contributed by atoms with Gasteiger partial charge in [-0.05, 0) is 65.2 Å². The van der Waals surface area contributed by atoms with Gasteiger partial charge in [0.1, 0.15) is 17.3 Å². The summed E-state index contributed by atoms with van der Waals surface area (Å²) in [6.45, 7) is 5.53. The predicted octanol–water partition coefficient (Wildman–Crippen LogP) is 2.58. The maximum atomic E-state index is 12.5. The fourth-order valence-electron chi connectivity index (χ4n) is 2.49. The molecule has 150 valence electrons. The van der Waals surface area contributed by atoms with Gasteiger partial charge in [0.15, 0.2) is 0 Å².